The molecular weight excluding hydrogens is 482 g/mol. The average Bonchev–Trinajstić information content (AvgIpc) is 3.54. The fourth-order valence-corrected chi connectivity index (χ4v) is 7.01. The number of carbonyl (C=O) groups excluding carboxylic acids is 2. The number of thiazole rings is 1. The molecule has 3 aromatic rings. The average molecular weight is 508 g/mol. The number of fused-ring (bicyclic) bond motifs is 3. The number of rotatable bonds is 7. The molecule has 2 aliphatic rings. The number of allylic oxidation sites excluding steroid dienone is 2. The van der Waals surface area contributed by atoms with Gasteiger partial charge in [-0.25, -0.2) is 4.98 Å². The number of carbonyl (C=O) groups is 3. The molecule has 2 aromatic carbocycles. The maximum Gasteiger partial charge on any atom is 0.307 e. The van der Waals surface area contributed by atoms with E-state index in [0.29, 0.717) is 5.69 Å². The number of aryl methyl sites for hydroxylation is 2. The summed E-state index contributed by atoms with van der Waals surface area (Å²) in [6, 6.07) is 11.4. The molecule has 0 unspecified atom stereocenters. The van der Waals surface area contributed by atoms with Gasteiger partial charge in [0.1, 0.15) is 0 Å². The number of aliphatic carboxylic acids is 1. The lowest BCUT2D eigenvalue weighted by Gasteiger charge is -2.23. The molecule has 7 nitrogen and oxygen atoms in total. The molecule has 2 amide bonds. The van der Waals surface area contributed by atoms with Gasteiger partial charge >= 0.3 is 5.97 Å². The van der Waals surface area contributed by atoms with Crippen LogP contribution in [0, 0.1) is 37.5 Å². The molecule has 1 aromatic heterocycles. The van der Waals surface area contributed by atoms with E-state index in [9.17, 15) is 19.5 Å². The zero-order chi connectivity index (χ0) is 24.7. The van der Waals surface area contributed by atoms with Crippen LogP contribution in [-0.4, -0.2) is 33.6 Å². The number of thioether (sulfide) groups is 1. The van der Waals surface area contributed by atoms with Crippen molar-refractivity contribution in [3.8, 4) is 0 Å². The number of hydrogen-bond donors (Lipinski definition) is 3. The van der Waals surface area contributed by atoms with E-state index in [1.165, 1.54) is 23.1 Å². The van der Waals surface area contributed by atoms with Crippen molar-refractivity contribution < 1.29 is 19.5 Å². The van der Waals surface area contributed by atoms with Gasteiger partial charge in [-0.2, -0.15) is 0 Å². The van der Waals surface area contributed by atoms with E-state index in [-0.39, 0.29) is 29.4 Å². The molecule has 1 heterocycles. The predicted octanol–water partition coefficient (Wildman–Crippen LogP) is 5.11. The molecule has 0 spiro atoms. The maximum absolute atomic E-state index is 13.0. The molecule has 180 valence electrons. The lowest BCUT2D eigenvalue weighted by atomic mass is 9.82. The topological polar surface area (TPSA) is 108 Å². The van der Waals surface area contributed by atoms with E-state index < -0.39 is 17.8 Å². The number of hydrogen-bond acceptors (Lipinski definition) is 6. The lowest BCUT2D eigenvalue weighted by molar-refractivity contribution is -0.146. The van der Waals surface area contributed by atoms with Crippen molar-refractivity contribution in [3.05, 3.63) is 59.7 Å². The summed E-state index contributed by atoms with van der Waals surface area (Å²) in [4.78, 5) is 41.8. The first-order valence-corrected chi connectivity index (χ1v) is 13.2. The highest BCUT2D eigenvalue weighted by Gasteiger charge is 2.51. The molecule has 2 bridgehead atoms. The largest absolute Gasteiger partial charge is 0.481 e. The van der Waals surface area contributed by atoms with Gasteiger partial charge in [0, 0.05) is 11.4 Å². The summed E-state index contributed by atoms with van der Waals surface area (Å²) in [5, 5.41) is 15.5. The Labute approximate surface area is 211 Å². The fraction of sp³-hybridized carbons (Fsp3) is 0.308. The van der Waals surface area contributed by atoms with Crippen molar-refractivity contribution in [3.63, 3.8) is 0 Å². The minimum absolute atomic E-state index is 0.0224. The van der Waals surface area contributed by atoms with Crippen LogP contribution in [0.1, 0.15) is 17.5 Å². The third-order valence-corrected chi connectivity index (χ3v) is 8.92. The van der Waals surface area contributed by atoms with Gasteiger partial charge in [0.15, 0.2) is 4.34 Å². The Morgan fingerprint density at radius 1 is 1.06 bits per heavy atom. The van der Waals surface area contributed by atoms with Gasteiger partial charge in [-0.1, -0.05) is 42.1 Å². The van der Waals surface area contributed by atoms with Crippen LogP contribution in [0.3, 0.4) is 0 Å². The standard InChI is InChI=1S/C26H25N3O4S2/c1-13-4-3-5-14(2)23(13)29-20(30)12-34-26-28-18-9-8-17(11-19(18)35-26)27-24(31)21-15-6-7-16(10-15)22(21)25(32)33/h3-9,11,15-16,21-22H,10,12H2,1-2H3,(H,27,31)(H,29,30)(H,32,33)/t15-,16-,21+,22+/m0/s1. The zero-order valence-electron chi connectivity index (χ0n) is 19.3. The number of carboxylic acids is 1. The van der Waals surface area contributed by atoms with Crippen LogP contribution < -0.4 is 10.6 Å². The molecule has 0 radical (unpaired) electrons. The Hall–Kier alpha value is -3.17. The number of carboxylic acid groups (broad SMARTS) is 1. The SMILES string of the molecule is Cc1cccc(C)c1NC(=O)CSc1nc2ccc(NC(=O)[C@H]3[C@H](C(=O)O)[C@H]4C=C[C@H]3C4)cc2s1. The van der Waals surface area contributed by atoms with Crippen molar-refractivity contribution in [1.29, 1.82) is 0 Å². The summed E-state index contributed by atoms with van der Waals surface area (Å²) in [6.07, 6.45) is 4.62. The minimum atomic E-state index is -0.914. The van der Waals surface area contributed by atoms with Crippen molar-refractivity contribution in [2.75, 3.05) is 16.4 Å². The first-order valence-electron chi connectivity index (χ1n) is 11.4. The summed E-state index contributed by atoms with van der Waals surface area (Å²) in [7, 11) is 0. The lowest BCUT2D eigenvalue weighted by Crippen LogP contribution is -2.36. The van der Waals surface area contributed by atoms with E-state index in [2.05, 4.69) is 15.6 Å². The van der Waals surface area contributed by atoms with Crippen LogP contribution in [0.5, 0.6) is 0 Å². The van der Waals surface area contributed by atoms with Crippen molar-refractivity contribution in [2.24, 2.45) is 23.7 Å². The number of nitrogens with one attached hydrogen (secondary N) is 2. The summed E-state index contributed by atoms with van der Waals surface area (Å²) in [5.41, 5.74) is 4.30. The second kappa shape index (κ2) is 9.47. The molecule has 5 rings (SSSR count). The molecule has 1 saturated carbocycles. The summed E-state index contributed by atoms with van der Waals surface area (Å²) in [5.74, 6) is -2.33. The number of anilines is 2. The monoisotopic (exact) mass is 507 g/mol. The summed E-state index contributed by atoms with van der Waals surface area (Å²) < 4.78 is 1.66. The van der Waals surface area contributed by atoms with E-state index in [1.54, 1.807) is 6.07 Å². The highest BCUT2D eigenvalue weighted by Crippen LogP contribution is 2.48. The quantitative estimate of drug-likeness (QED) is 0.303. The Bertz CT molecular complexity index is 1350. The van der Waals surface area contributed by atoms with Gasteiger partial charge < -0.3 is 15.7 Å². The summed E-state index contributed by atoms with van der Waals surface area (Å²) in [6.45, 7) is 3.94. The van der Waals surface area contributed by atoms with Crippen molar-refractivity contribution in [2.45, 2.75) is 24.6 Å². The van der Waals surface area contributed by atoms with Crippen molar-refractivity contribution in [1.82, 2.24) is 4.98 Å². The molecule has 1 fully saturated rings. The second-order valence-corrected chi connectivity index (χ2v) is 11.3. The van der Waals surface area contributed by atoms with E-state index in [1.807, 2.05) is 56.3 Å². The van der Waals surface area contributed by atoms with Crippen LogP contribution >= 0.6 is 23.1 Å². The number of amides is 2. The number of nitrogens with zero attached hydrogens (tertiary/aromatic N) is 1. The Kier molecular flexibility index (Phi) is 6.37. The summed E-state index contributed by atoms with van der Waals surface area (Å²) >= 11 is 2.83. The molecule has 0 aliphatic heterocycles. The highest BCUT2D eigenvalue weighted by molar-refractivity contribution is 8.01. The van der Waals surface area contributed by atoms with Gasteiger partial charge in [-0.05, 0) is 61.4 Å². The fourth-order valence-electron chi connectivity index (χ4n) is 5.10. The Balaban J connectivity index is 1.23. The van der Waals surface area contributed by atoms with Gasteiger partial charge in [0.25, 0.3) is 0 Å². The highest BCUT2D eigenvalue weighted by atomic mass is 32.2. The maximum atomic E-state index is 13.0. The molecule has 35 heavy (non-hydrogen) atoms. The molecule has 4 atom stereocenters. The molecule has 2 aliphatic carbocycles. The normalized spacial score (nSPS) is 22.5. The Morgan fingerprint density at radius 3 is 2.49 bits per heavy atom. The van der Waals surface area contributed by atoms with Crippen LogP contribution in [0.2, 0.25) is 0 Å². The zero-order valence-corrected chi connectivity index (χ0v) is 20.9. The number of para-hydroxylation sites is 1. The van der Waals surface area contributed by atoms with Gasteiger partial charge in [-0.3, -0.25) is 14.4 Å². The number of benzene rings is 2. The second-order valence-electron chi connectivity index (χ2n) is 9.09. The Morgan fingerprint density at radius 2 is 1.77 bits per heavy atom. The first-order chi connectivity index (χ1) is 16.8. The van der Waals surface area contributed by atoms with Crippen LogP contribution in [0.25, 0.3) is 10.2 Å². The van der Waals surface area contributed by atoms with E-state index >= 15 is 0 Å². The first kappa shape index (κ1) is 23.6. The van der Waals surface area contributed by atoms with Gasteiger partial charge in [0.2, 0.25) is 11.8 Å². The molecule has 3 N–H and O–H groups in total. The smallest absolute Gasteiger partial charge is 0.307 e. The third-order valence-electron chi connectivity index (χ3n) is 6.76. The van der Waals surface area contributed by atoms with Crippen LogP contribution in [0.4, 0.5) is 11.4 Å². The van der Waals surface area contributed by atoms with Gasteiger partial charge in [0.05, 0.1) is 27.8 Å². The van der Waals surface area contributed by atoms with Crippen LogP contribution in [-0.2, 0) is 14.4 Å². The van der Waals surface area contributed by atoms with E-state index in [4.69, 9.17) is 0 Å². The van der Waals surface area contributed by atoms with Crippen molar-refractivity contribution >= 4 is 62.5 Å². The molecule has 9 heteroatoms. The van der Waals surface area contributed by atoms with E-state index in [0.717, 1.165) is 37.8 Å². The van der Waals surface area contributed by atoms with Crippen LogP contribution in [0.15, 0.2) is 52.9 Å². The van der Waals surface area contributed by atoms with Gasteiger partial charge in [-0.15, -0.1) is 11.3 Å². The minimum Gasteiger partial charge on any atom is -0.481 e. The third kappa shape index (κ3) is 4.70. The molecular formula is C26H25N3O4S2. The predicted molar refractivity (Wildman–Crippen MR) is 139 cm³/mol. The number of aromatic nitrogens is 1. The molecule has 0 saturated heterocycles.